The summed E-state index contributed by atoms with van der Waals surface area (Å²) >= 11 is 0. The molecule has 0 fully saturated rings. The molecule has 0 saturated heterocycles. The van der Waals surface area contributed by atoms with Gasteiger partial charge in [0.2, 0.25) is 0 Å². The predicted molar refractivity (Wildman–Crippen MR) is 57.6 cm³/mol. The molecule has 0 aromatic carbocycles. The molecule has 0 spiro atoms. The summed E-state index contributed by atoms with van der Waals surface area (Å²) in [5.74, 6) is 0.755. The molecule has 0 N–H and O–H groups in total. The van der Waals surface area contributed by atoms with Crippen molar-refractivity contribution in [2.24, 2.45) is 17.3 Å². The number of hydrogen-bond acceptors (Lipinski definition) is 0. The van der Waals surface area contributed by atoms with E-state index in [4.69, 9.17) is 0 Å². The molecule has 0 saturated carbocycles. The maximum absolute atomic E-state index is 14.4. The van der Waals surface area contributed by atoms with Gasteiger partial charge >= 0.3 is 0 Å². The van der Waals surface area contributed by atoms with Crippen molar-refractivity contribution in [3.8, 4) is 0 Å². The van der Waals surface area contributed by atoms with Crippen LogP contribution in [0, 0.1) is 17.3 Å². The summed E-state index contributed by atoms with van der Waals surface area (Å²) in [6, 6.07) is 0. The van der Waals surface area contributed by atoms with Crippen LogP contribution in [0.5, 0.6) is 0 Å². The molecule has 13 heavy (non-hydrogen) atoms. The topological polar surface area (TPSA) is 0 Å². The van der Waals surface area contributed by atoms with Gasteiger partial charge in [0.05, 0.1) is 0 Å². The van der Waals surface area contributed by atoms with Crippen LogP contribution in [0.15, 0.2) is 0 Å². The molecule has 0 aliphatic rings. The van der Waals surface area contributed by atoms with Crippen LogP contribution in [-0.2, 0) is 0 Å². The molecule has 0 aromatic heterocycles. The van der Waals surface area contributed by atoms with E-state index in [0.29, 0.717) is 18.3 Å². The third-order valence-corrected chi connectivity index (χ3v) is 4.19. The van der Waals surface area contributed by atoms with Crippen molar-refractivity contribution >= 4 is 0 Å². The van der Waals surface area contributed by atoms with Crippen molar-refractivity contribution < 1.29 is 4.39 Å². The van der Waals surface area contributed by atoms with Crippen LogP contribution in [0.1, 0.15) is 54.9 Å². The molecule has 0 radical (unpaired) electrons. The Morgan fingerprint density at radius 2 is 1.31 bits per heavy atom. The van der Waals surface area contributed by atoms with Gasteiger partial charge in [-0.05, 0) is 25.2 Å². The van der Waals surface area contributed by atoms with Crippen LogP contribution in [0.4, 0.5) is 4.39 Å². The third kappa shape index (κ3) is 2.05. The Morgan fingerprint density at radius 1 is 1.00 bits per heavy atom. The van der Waals surface area contributed by atoms with Gasteiger partial charge in [-0.15, -0.1) is 0 Å². The molecule has 0 bridgehead atoms. The van der Waals surface area contributed by atoms with Gasteiger partial charge in [-0.2, -0.15) is 0 Å². The fourth-order valence-corrected chi connectivity index (χ4v) is 2.25. The molecule has 0 aliphatic heterocycles. The second kappa shape index (κ2) is 3.98. The molecule has 0 amide bonds. The fraction of sp³-hybridized carbons (Fsp3) is 1.00. The monoisotopic (exact) mass is 188 g/mol. The van der Waals surface area contributed by atoms with E-state index in [2.05, 4.69) is 34.6 Å². The predicted octanol–water partition coefficient (Wildman–Crippen LogP) is 4.44. The summed E-state index contributed by atoms with van der Waals surface area (Å²) in [6.45, 7) is 14.2. The first-order valence-electron chi connectivity index (χ1n) is 5.39. The SMILES string of the molecule is CC[C@](C)(F)C(C)(C(C)C)C(C)C. The van der Waals surface area contributed by atoms with Crippen molar-refractivity contribution in [1.29, 1.82) is 0 Å². The van der Waals surface area contributed by atoms with E-state index in [1.807, 2.05) is 6.92 Å². The smallest absolute Gasteiger partial charge is 0.113 e. The highest BCUT2D eigenvalue weighted by Gasteiger charge is 2.47. The first-order chi connectivity index (χ1) is 5.70. The van der Waals surface area contributed by atoms with Crippen molar-refractivity contribution in [2.75, 3.05) is 0 Å². The largest absolute Gasteiger partial charge is 0.244 e. The Bertz CT molecular complexity index is 149. The van der Waals surface area contributed by atoms with E-state index in [1.54, 1.807) is 6.92 Å². The van der Waals surface area contributed by atoms with E-state index in [-0.39, 0.29) is 5.41 Å². The molecule has 80 valence electrons. The minimum atomic E-state index is -1.06. The van der Waals surface area contributed by atoms with Crippen LogP contribution < -0.4 is 0 Å². The first-order valence-corrected chi connectivity index (χ1v) is 5.39. The van der Waals surface area contributed by atoms with Crippen molar-refractivity contribution in [3.63, 3.8) is 0 Å². The lowest BCUT2D eigenvalue weighted by molar-refractivity contribution is -0.0551. The van der Waals surface area contributed by atoms with E-state index in [0.717, 1.165) is 0 Å². The van der Waals surface area contributed by atoms with Gasteiger partial charge in [0.1, 0.15) is 5.67 Å². The van der Waals surface area contributed by atoms with E-state index in [1.165, 1.54) is 0 Å². The Balaban J connectivity index is 5.01. The quantitative estimate of drug-likeness (QED) is 0.611. The lowest BCUT2D eigenvalue weighted by Gasteiger charge is -2.47. The molecular weight excluding hydrogens is 163 g/mol. The second-order valence-electron chi connectivity index (χ2n) is 5.14. The summed E-state index contributed by atoms with van der Waals surface area (Å²) in [5, 5.41) is 0. The van der Waals surface area contributed by atoms with Gasteiger partial charge in [-0.3, -0.25) is 0 Å². The summed E-state index contributed by atoms with van der Waals surface area (Å²) in [7, 11) is 0. The molecular formula is C12H25F. The Labute approximate surface area is 82.9 Å². The maximum Gasteiger partial charge on any atom is 0.113 e. The number of halogens is 1. The lowest BCUT2D eigenvalue weighted by atomic mass is 9.61. The maximum atomic E-state index is 14.4. The highest BCUT2D eigenvalue weighted by molar-refractivity contribution is 4.96. The minimum absolute atomic E-state index is 0.220. The number of rotatable bonds is 4. The van der Waals surface area contributed by atoms with E-state index >= 15 is 0 Å². The summed E-state index contributed by atoms with van der Waals surface area (Å²) in [5.41, 5.74) is -1.28. The van der Waals surface area contributed by atoms with Gasteiger partial charge in [0.25, 0.3) is 0 Å². The van der Waals surface area contributed by atoms with E-state index in [9.17, 15) is 4.39 Å². The zero-order valence-electron chi connectivity index (χ0n) is 10.2. The Morgan fingerprint density at radius 3 is 1.38 bits per heavy atom. The van der Waals surface area contributed by atoms with Crippen LogP contribution in [-0.4, -0.2) is 5.67 Å². The molecule has 1 atom stereocenters. The molecule has 0 rings (SSSR count). The van der Waals surface area contributed by atoms with Crippen molar-refractivity contribution in [3.05, 3.63) is 0 Å². The molecule has 1 heteroatoms. The normalized spacial score (nSPS) is 18.0. The van der Waals surface area contributed by atoms with Crippen LogP contribution in [0.3, 0.4) is 0 Å². The molecule has 0 heterocycles. The molecule has 0 unspecified atom stereocenters. The average Bonchev–Trinajstić information content (AvgIpc) is 2.01. The zero-order valence-corrected chi connectivity index (χ0v) is 10.2. The highest BCUT2D eigenvalue weighted by atomic mass is 19.1. The highest BCUT2D eigenvalue weighted by Crippen LogP contribution is 2.48. The fourth-order valence-electron chi connectivity index (χ4n) is 2.25. The van der Waals surface area contributed by atoms with Crippen LogP contribution in [0.25, 0.3) is 0 Å². The lowest BCUT2D eigenvalue weighted by Crippen LogP contribution is -2.47. The summed E-state index contributed by atoms with van der Waals surface area (Å²) in [4.78, 5) is 0. The zero-order chi connectivity index (χ0) is 10.9. The van der Waals surface area contributed by atoms with Crippen molar-refractivity contribution in [2.45, 2.75) is 60.6 Å². The average molecular weight is 188 g/mol. The van der Waals surface area contributed by atoms with Crippen LogP contribution >= 0.6 is 0 Å². The molecule has 0 aromatic rings. The van der Waals surface area contributed by atoms with Gasteiger partial charge < -0.3 is 0 Å². The van der Waals surface area contributed by atoms with Gasteiger partial charge in [0.15, 0.2) is 0 Å². The standard InChI is InChI=1S/C12H25F/c1-8-11(6,13)12(7,9(2)3)10(4)5/h9-10H,8H2,1-7H3/t11-/m0/s1. The number of hydrogen-bond donors (Lipinski definition) is 0. The van der Waals surface area contributed by atoms with Gasteiger partial charge in [-0.25, -0.2) is 4.39 Å². The summed E-state index contributed by atoms with van der Waals surface area (Å²) < 4.78 is 14.4. The van der Waals surface area contributed by atoms with Crippen molar-refractivity contribution in [1.82, 2.24) is 0 Å². The minimum Gasteiger partial charge on any atom is -0.244 e. The van der Waals surface area contributed by atoms with E-state index < -0.39 is 5.67 Å². The van der Waals surface area contributed by atoms with Gasteiger partial charge in [0, 0.05) is 5.41 Å². The first kappa shape index (κ1) is 12.9. The summed E-state index contributed by atoms with van der Waals surface area (Å²) in [6.07, 6.45) is 0.597. The van der Waals surface area contributed by atoms with Crippen LogP contribution in [0.2, 0.25) is 0 Å². The molecule has 0 nitrogen and oxygen atoms in total. The molecule has 0 aliphatic carbocycles. The van der Waals surface area contributed by atoms with Gasteiger partial charge in [-0.1, -0.05) is 41.5 Å². The Hall–Kier alpha value is -0.0700. The third-order valence-electron chi connectivity index (χ3n) is 4.19. The number of alkyl halides is 1. The second-order valence-corrected chi connectivity index (χ2v) is 5.14. The Kier molecular flexibility index (Phi) is 3.96.